The van der Waals surface area contributed by atoms with Crippen LogP contribution in [0.15, 0.2) is 46.3 Å². The fraction of sp³-hybridized carbons (Fsp3) is 0.278. The standard InChI is InChI=1S/C18H17N5O3S/c1-22(11-14-20-21-16(26-14)12-5-3-2-4-6-12)17(25)13-9-15(24)23(10-13)18-19-7-8-27-18/h2-8,13H,9-11H2,1H3. The van der Waals surface area contributed by atoms with E-state index in [1.807, 2.05) is 35.7 Å². The first-order valence-corrected chi connectivity index (χ1v) is 9.32. The lowest BCUT2D eigenvalue weighted by molar-refractivity contribution is -0.135. The molecule has 1 saturated heterocycles. The van der Waals surface area contributed by atoms with Crippen LogP contribution in [0.4, 0.5) is 5.13 Å². The van der Waals surface area contributed by atoms with E-state index in [1.54, 1.807) is 18.1 Å². The largest absolute Gasteiger partial charge is 0.419 e. The molecule has 8 nitrogen and oxygen atoms in total. The number of carbonyl (C=O) groups excluding carboxylic acids is 2. The van der Waals surface area contributed by atoms with Gasteiger partial charge in [-0.2, -0.15) is 0 Å². The van der Waals surface area contributed by atoms with Gasteiger partial charge in [0, 0.05) is 37.2 Å². The summed E-state index contributed by atoms with van der Waals surface area (Å²) in [5, 5.41) is 10.5. The molecule has 1 fully saturated rings. The molecule has 0 spiro atoms. The number of hydrogen-bond acceptors (Lipinski definition) is 7. The van der Waals surface area contributed by atoms with Crippen LogP contribution in [0.2, 0.25) is 0 Å². The van der Waals surface area contributed by atoms with Gasteiger partial charge in [0.2, 0.25) is 23.6 Å². The van der Waals surface area contributed by atoms with Gasteiger partial charge in [-0.3, -0.25) is 14.5 Å². The monoisotopic (exact) mass is 383 g/mol. The number of amides is 2. The summed E-state index contributed by atoms with van der Waals surface area (Å²) in [5.41, 5.74) is 0.825. The molecule has 4 rings (SSSR count). The summed E-state index contributed by atoms with van der Waals surface area (Å²) in [5.74, 6) is 0.161. The normalized spacial score (nSPS) is 16.7. The Bertz CT molecular complexity index is 941. The summed E-state index contributed by atoms with van der Waals surface area (Å²) in [6.07, 6.45) is 1.83. The molecule has 27 heavy (non-hydrogen) atoms. The van der Waals surface area contributed by atoms with Crippen molar-refractivity contribution in [2.45, 2.75) is 13.0 Å². The summed E-state index contributed by atoms with van der Waals surface area (Å²) >= 11 is 1.39. The van der Waals surface area contributed by atoms with E-state index in [9.17, 15) is 9.59 Å². The van der Waals surface area contributed by atoms with Crippen LogP contribution in [-0.4, -0.2) is 45.5 Å². The number of aromatic nitrogens is 3. The Labute approximate surface area is 159 Å². The van der Waals surface area contributed by atoms with Gasteiger partial charge >= 0.3 is 0 Å². The number of rotatable bonds is 5. The van der Waals surface area contributed by atoms with Crippen molar-refractivity contribution in [3.63, 3.8) is 0 Å². The lowest BCUT2D eigenvalue weighted by Gasteiger charge is -2.19. The first kappa shape index (κ1) is 17.3. The maximum Gasteiger partial charge on any atom is 0.247 e. The molecule has 0 N–H and O–H groups in total. The predicted octanol–water partition coefficient (Wildman–Crippen LogP) is 2.20. The third kappa shape index (κ3) is 3.59. The fourth-order valence-electron chi connectivity index (χ4n) is 3.01. The molecule has 1 aliphatic rings. The van der Waals surface area contributed by atoms with Crippen molar-refractivity contribution in [1.82, 2.24) is 20.1 Å². The zero-order valence-electron chi connectivity index (χ0n) is 14.6. The molecular formula is C18H17N5O3S. The van der Waals surface area contributed by atoms with E-state index in [0.717, 1.165) is 5.56 Å². The molecule has 1 atom stereocenters. The smallest absolute Gasteiger partial charge is 0.247 e. The van der Waals surface area contributed by atoms with Crippen molar-refractivity contribution in [1.29, 1.82) is 0 Å². The van der Waals surface area contributed by atoms with Crippen LogP contribution in [0.25, 0.3) is 11.5 Å². The molecule has 1 aliphatic heterocycles. The number of anilines is 1. The molecule has 3 heterocycles. The Balaban J connectivity index is 1.40. The Morgan fingerprint density at radius 2 is 2.15 bits per heavy atom. The highest BCUT2D eigenvalue weighted by Gasteiger charge is 2.37. The van der Waals surface area contributed by atoms with Gasteiger partial charge in [-0.25, -0.2) is 4.98 Å². The van der Waals surface area contributed by atoms with E-state index in [1.165, 1.54) is 16.2 Å². The predicted molar refractivity (Wildman–Crippen MR) is 98.8 cm³/mol. The molecule has 3 aromatic rings. The van der Waals surface area contributed by atoms with Crippen molar-refractivity contribution in [2.24, 2.45) is 5.92 Å². The lowest BCUT2D eigenvalue weighted by atomic mass is 10.1. The van der Waals surface area contributed by atoms with Crippen LogP contribution >= 0.6 is 11.3 Å². The van der Waals surface area contributed by atoms with Gasteiger partial charge in [-0.15, -0.1) is 21.5 Å². The summed E-state index contributed by atoms with van der Waals surface area (Å²) in [6.45, 7) is 0.537. The minimum atomic E-state index is -0.400. The van der Waals surface area contributed by atoms with E-state index >= 15 is 0 Å². The van der Waals surface area contributed by atoms with Gasteiger partial charge in [0.05, 0.1) is 12.5 Å². The molecule has 1 aromatic carbocycles. The van der Waals surface area contributed by atoms with Gasteiger partial charge < -0.3 is 9.32 Å². The van der Waals surface area contributed by atoms with E-state index < -0.39 is 5.92 Å². The van der Waals surface area contributed by atoms with E-state index in [2.05, 4.69) is 15.2 Å². The first-order chi connectivity index (χ1) is 13.1. The molecule has 2 amide bonds. The summed E-state index contributed by atoms with van der Waals surface area (Å²) in [6, 6.07) is 9.44. The molecule has 2 aromatic heterocycles. The third-order valence-corrected chi connectivity index (χ3v) is 5.16. The topological polar surface area (TPSA) is 92.4 Å². The Hall–Kier alpha value is -3.07. The molecule has 9 heteroatoms. The van der Waals surface area contributed by atoms with Gasteiger partial charge in [0.15, 0.2) is 5.13 Å². The second-order valence-electron chi connectivity index (χ2n) is 6.28. The Morgan fingerprint density at radius 1 is 1.33 bits per heavy atom. The third-order valence-electron chi connectivity index (χ3n) is 4.36. The fourth-order valence-corrected chi connectivity index (χ4v) is 3.68. The molecule has 138 valence electrons. The summed E-state index contributed by atoms with van der Waals surface area (Å²) in [4.78, 5) is 32.2. The SMILES string of the molecule is CN(Cc1nnc(-c2ccccc2)o1)C(=O)C1CC(=O)N(c2nccs2)C1. The van der Waals surface area contributed by atoms with E-state index in [-0.39, 0.29) is 24.8 Å². The highest BCUT2D eigenvalue weighted by atomic mass is 32.1. The van der Waals surface area contributed by atoms with Gasteiger partial charge in [0.25, 0.3) is 0 Å². The van der Waals surface area contributed by atoms with Crippen LogP contribution < -0.4 is 4.90 Å². The average molecular weight is 383 g/mol. The van der Waals surface area contributed by atoms with Crippen LogP contribution in [-0.2, 0) is 16.1 Å². The number of benzene rings is 1. The van der Waals surface area contributed by atoms with Crippen LogP contribution in [0, 0.1) is 5.92 Å². The van der Waals surface area contributed by atoms with Crippen molar-refractivity contribution in [3.05, 3.63) is 47.8 Å². The number of carbonyl (C=O) groups is 2. The molecule has 0 saturated carbocycles. The molecular weight excluding hydrogens is 366 g/mol. The lowest BCUT2D eigenvalue weighted by Crippen LogP contribution is -2.34. The van der Waals surface area contributed by atoms with Crippen LogP contribution in [0.3, 0.4) is 0 Å². The molecule has 0 radical (unpaired) electrons. The maximum atomic E-state index is 12.7. The van der Waals surface area contributed by atoms with Crippen LogP contribution in [0.5, 0.6) is 0 Å². The number of hydrogen-bond donors (Lipinski definition) is 0. The zero-order chi connectivity index (χ0) is 18.8. The van der Waals surface area contributed by atoms with Crippen molar-refractivity contribution in [2.75, 3.05) is 18.5 Å². The first-order valence-electron chi connectivity index (χ1n) is 8.44. The van der Waals surface area contributed by atoms with Crippen LogP contribution in [0.1, 0.15) is 12.3 Å². The van der Waals surface area contributed by atoms with Gasteiger partial charge in [0.1, 0.15) is 0 Å². The Kier molecular flexibility index (Phi) is 4.68. The maximum absolute atomic E-state index is 12.7. The van der Waals surface area contributed by atoms with E-state index in [4.69, 9.17) is 4.42 Å². The molecule has 0 bridgehead atoms. The minimum absolute atomic E-state index is 0.0825. The zero-order valence-corrected chi connectivity index (χ0v) is 15.4. The summed E-state index contributed by atoms with van der Waals surface area (Å²) in [7, 11) is 1.67. The van der Waals surface area contributed by atoms with Crippen molar-refractivity contribution in [3.8, 4) is 11.5 Å². The second kappa shape index (κ2) is 7.28. The molecule has 0 aliphatic carbocycles. The van der Waals surface area contributed by atoms with Gasteiger partial charge in [-0.1, -0.05) is 18.2 Å². The van der Waals surface area contributed by atoms with E-state index in [0.29, 0.717) is 23.5 Å². The highest BCUT2D eigenvalue weighted by Crippen LogP contribution is 2.28. The quantitative estimate of drug-likeness (QED) is 0.671. The number of thiazole rings is 1. The summed E-state index contributed by atoms with van der Waals surface area (Å²) < 4.78 is 5.65. The van der Waals surface area contributed by atoms with Crippen molar-refractivity contribution < 1.29 is 14.0 Å². The average Bonchev–Trinajstić information content (AvgIpc) is 3.42. The second-order valence-corrected chi connectivity index (χ2v) is 7.15. The molecule has 1 unspecified atom stereocenters. The Morgan fingerprint density at radius 3 is 2.89 bits per heavy atom. The van der Waals surface area contributed by atoms with Crippen molar-refractivity contribution >= 4 is 28.3 Å². The van der Waals surface area contributed by atoms with Gasteiger partial charge in [-0.05, 0) is 12.1 Å². The highest BCUT2D eigenvalue weighted by molar-refractivity contribution is 7.13. The number of nitrogens with zero attached hydrogens (tertiary/aromatic N) is 5. The minimum Gasteiger partial charge on any atom is -0.419 e.